The molecule has 1 heterocycles. The van der Waals surface area contributed by atoms with Crippen molar-refractivity contribution < 1.29 is 14.3 Å². The molecule has 0 aromatic carbocycles. The van der Waals surface area contributed by atoms with Gasteiger partial charge in [-0.05, 0) is 19.8 Å². The largest absolute Gasteiger partial charge is 0.383 e. The van der Waals surface area contributed by atoms with Crippen molar-refractivity contribution in [3.8, 4) is 0 Å². The second kappa shape index (κ2) is 6.05. The Morgan fingerprint density at radius 3 is 2.93 bits per heavy atom. The van der Waals surface area contributed by atoms with Crippen LogP contribution in [0.4, 0.5) is 0 Å². The van der Waals surface area contributed by atoms with Gasteiger partial charge in [0.05, 0.1) is 12.7 Å². The number of hydrogen-bond donors (Lipinski definition) is 2. The first-order valence-electron chi connectivity index (χ1n) is 5.30. The van der Waals surface area contributed by atoms with E-state index in [1.165, 1.54) is 0 Å². The van der Waals surface area contributed by atoms with Crippen LogP contribution in [-0.4, -0.2) is 44.4 Å². The third kappa shape index (κ3) is 4.15. The lowest BCUT2D eigenvalue weighted by Crippen LogP contribution is -2.37. The summed E-state index contributed by atoms with van der Waals surface area (Å²) in [6, 6.07) is 0.297. The van der Waals surface area contributed by atoms with E-state index in [4.69, 9.17) is 15.2 Å². The Hall–Kier alpha value is -0.650. The molecule has 1 fully saturated rings. The summed E-state index contributed by atoms with van der Waals surface area (Å²) in [4.78, 5) is 10.8. The molecule has 5 heteroatoms. The van der Waals surface area contributed by atoms with Crippen molar-refractivity contribution >= 4 is 5.91 Å². The molecular formula is C10H20N2O3. The third-order valence-corrected chi connectivity index (χ3v) is 2.54. The number of nitrogens with two attached hydrogens (primary N) is 1. The van der Waals surface area contributed by atoms with Crippen molar-refractivity contribution in [2.75, 3.05) is 20.3 Å². The van der Waals surface area contributed by atoms with E-state index in [1.807, 2.05) is 6.92 Å². The van der Waals surface area contributed by atoms with Crippen LogP contribution in [0.1, 0.15) is 19.8 Å². The molecule has 88 valence electrons. The van der Waals surface area contributed by atoms with Crippen molar-refractivity contribution in [1.82, 2.24) is 5.32 Å². The van der Waals surface area contributed by atoms with E-state index < -0.39 is 6.10 Å². The second-order valence-corrected chi connectivity index (χ2v) is 3.99. The summed E-state index contributed by atoms with van der Waals surface area (Å²) < 4.78 is 10.5. The minimum atomic E-state index is -0.394. The van der Waals surface area contributed by atoms with Crippen LogP contribution in [0.3, 0.4) is 0 Å². The normalized spacial score (nSPS) is 27.9. The fourth-order valence-corrected chi connectivity index (χ4v) is 1.71. The van der Waals surface area contributed by atoms with Gasteiger partial charge in [-0.25, -0.2) is 0 Å². The molecule has 1 aliphatic rings. The molecule has 1 rings (SSSR count). The first-order valence-corrected chi connectivity index (χ1v) is 5.30. The predicted molar refractivity (Wildman–Crippen MR) is 56.4 cm³/mol. The van der Waals surface area contributed by atoms with Crippen LogP contribution in [0, 0.1) is 0 Å². The van der Waals surface area contributed by atoms with Gasteiger partial charge in [0.25, 0.3) is 0 Å². The maximum absolute atomic E-state index is 10.8. The van der Waals surface area contributed by atoms with E-state index in [1.54, 1.807) is 7.11 Å². The predicted octanol–water partition coefficient (Wildman–Crippen LogP) is -0.356. The number of hydrogen-bond acceptors (Lipinski definition) is 4. The van der Waals surface area contributed by atoms with Crippen LogP contribution >= 0.6 is 0 Å². The number of carbonyl (C=O) groups is 1. The topological polar surface area (TPSA) is 73.6 Å². The molecule has 1 saturated heterocycles. The molecule has 3 N–H and O–H groups in total. The Kier molecular flexibility index (Phi) is 5.01. The molecular weight excluding hydrogens is 196 g/mol. The van der Waals surface area contributed by atoms with Gasteiger partial charge in [-0.1, -0.05) is 0 Å². The van der Waals surface area contributed by atoms with Crippen LogP contribution in [0.25, 0.3) is 0 Å². The number of amides is 1. The van der Waals surface area contributed by atoms with Crippen LogP contribution in [0.15, 0.2) is 0 Å². The number of primary amides is 1. The fourth-order valence-electron chi connectivity index (χ4n) is 1.71. The zero-order valence-corrected chi connectivity index (χ0v) is 9.36. The average Bonchev–Trinajstić information content (AvgIpc) is 2.63. The zero-order valence-electron chi connectivity index (χ0n) is 9.36. The molecule has 0 aromatic heterocycles. The molecule has 3 atom stereocenters. The molecule has 0 saturated carbocycles. The van der Waals surface area contributed by atoms with E-state index >= 15 is 0 Å². The summed E-state index contributed by atoms with van der Waals surface area (Å²) >= 11 is 0. The molecule has 0 radical (unpaired) electrons. The molecule has 0 aromatic rings. The van der Waals surface area contributed by atoms with Crippen molar-refractivity contribution in [2.24, 2.45) is 5.73 Å². The molecule has 0 aliphatic carbocycles. The van der Waals surface area contributed by atoms with Crippen molar-refractivity contribution in [3.63, 3.8) is 0 Å². The molecule has 0 bridgehead atoms. The molecule has 0 spiro atoms. The highest BCUT2D eigenvalue weighted by Gasteiger charge is 2.28. The summed E-state index contributed by atoms with van der Waals surface area (Å²) in [5.41, 5.74) is 5.16. The van der Waals surface area contributed by atoms with E-state index in [9.17, 15) is 4.79 Å². The van der Waals surface area contributed by atoms with Gasteiger partial charge in [0.15, 0.2) is 0 Å². The standard InChI is InChI=1S/C10H20N2O3/c1-7(6-14-2)12-5-8-3-4-9(15-8)10(11)13/h7-9,12H,3-6H2,1-2H3,(H2,11,13). The lowest BCUT2D eigenvalue weighted by atomic mass is 10.2. The summed E-state index contributed by atoms with van der Waals surface area (Å²) in [6.07, 6.45) is 1.33. The quantitative estimate of drug-likeness (QED) is 0.636. The molecule has 15 heavy (non-hydrogen) atoms. The average molecular weight is 216 g/mol. The Morgan fingerprint density at radius 2 is 2.40 bits per heavy atom. The van der Waals surface area contributed by atoms with Crippen LogP contribution in [-0.2, 0) is 14.3 Å². The number of methoxy groups -OCH3 is 1. The van der Waals surface area contributed by atoms with Crippen LogP contribution < -0.4 is 11.1 Å². The summed E-state index contributed by atoms with van der Waals surface area (Å²) in [6.45, 7) is 3.46. The number of nitrogens with one attached hydrogen (secondary N) is 1. The smallest absolute Gasteiger partial charge is 0.246 e. The third-order valence-electron chi connectivity index (χ3n) is 2.54. The Labute approximate surface area is 90.3 Å². The molecule has 1 aliphatic heterocycles. The van der Waals surface area contributed by atoms with Gasteiger partial charge < -0.3 is 20.5 Å². The summed E-state index contributed by atoms with van der Waals surface area (Å²) in [5, 5.41) is 3.28. The number of ether oxygens (including phenoxy) is 2. The second-order valence-electron chi connectivity index (χ2n) is 3.99. The van der Waals surface area contributed by atoms with Crippen LogP contribution in [0.2, 0.25) is 0 Å². The molecule has 5 nitrogen and oxygen atoms in total. The monoisotopic (exact) mass is 216 g/mol. The highest BCUT2D eigenvalue weighted by atomic mass is 16.5. The minimum absolute atomic E-state index is 0.0989. The van der Waals surface area contributed by atoms with Gasteiger partial charge in [0, 0.05) is 19.7 Å². The zero-order chi connectivity index (χ0) is 11.3. The highest BCUT2D eigenvalue weighted by molar-refractivity contribution is 5.79. The van der Waals surface area contributed by atoms with Gasteiger partial charge in [-0.15, -0.1) is 0 Å². The fraction of sp³-hybridized carbons (Fsp3) is 0.900. The van der Waals surface area contributed by atoms with E-state index in [0.29, 0.717) is 12.6 Å². The summed E-state index contributed by atoms with van der Waals surface area (Å²) in [7, 11) is 1.67. The van der Waals surface area contributed by atoms with Gasteiger partial charge >= 0.3 is 0 Å². The van der Waals surface area contributed by atoms with E-state index in [2.05, 4.69) is 5.32 Å². The maximum Gasteiger partial charge on any atom is 0.246 e. The Bertz CT molecular complexity index is 211. The Balaban J connectivity index is 2.16. The number of carbonyl (C=O) groups excluding carboxylic acids is 1. The van der Waals surface area contributed by atoms with Gasteiger partial charge in [0.1, 0.15) is 6.10 Å². The van der Waals surface area contributed by atoms with Gasteiger partial charge in [0.2, 0.25) is 5.91 Å². The lowest BCUT2D eigenvalue weighted by Gasteiger charge is -2.16. The van der Waals surface area contributed by atoms with E-state index in [-0.39, 0.29) is 12.0 Å². The minimum Gasteiger partial charge on any atom is -0.383 e. The lowest BCUT2D eigenvalue weighted by molar-refractivity contribution is -0.128. The van der Waals surface area contributed by atoms with Crippen molar-refractivity contribution in [1.29, 1.82) is 0 Å². The van der Waals surface area contributed by atoms with Crippen molar-refractivity contribution in [3.05, 3.63) is 0 Å². The van der Waals surface area contributed by atoms with E-state index in [0.717, 1.165) is 19.4 Å². The SMILES string of the molecule is COCC(C)NCC1CCC(C(N)=O)O1. The number of rotatable bonds is 6. The molecule has 3 unspecified atom stereocenters. The highest BCUT2D eigenvalue weighted by Crippen LogP contribution is 2.18. The van der Waals surface area contributed by atoms with Gasteiger partial charge in [-0.3, -0.25) is 4.79 Å². The first-order chi connectivity index (χ1) is 7.13. The summed E-state index contributed by atoms with van der Waals surface area (Å²) in [5.74, 6) is -0.359. The maximum atomic E-state index is 10.8. The first kappa shape index (κ1) is 12.4. The Morgan fingerprint density at radius 1 is 1.67 bits per heavy atom. The van der Waals surface area contributed by atoms with Gasteiger partial charge in [-0.2, -0.15) is 0 Å². The van der Waals surface area contributed by atoms with Crippen LogP contribution in [0.5, 0.6) is 0 Å². The molecule has 1 amide bonds. The van der Waals surface area contributed by atoms with Crippen molar-refractivity contribution in [2.45, 2.75) is 38.0 Å².